The molecule has 1 aliphatic rings. The topological polar surface area (TPSA) is 30.5 Å². The fraction of sp³-hybridized carbons (Fsp3) is 0.625. The van der Waals surface area contributed by atoms with Gasteiger partial charge in [0.15, 0.2) is 0 Å². The van der Waals surface area contributed by atoms with Gasteiger partial charge in [-0.2, -0.15) is 0 Å². The van der Waals surface area contributed by atoms with E-state index in [1.165, 1.54) is 5.56 Å². The van der Waals surface area contributed by atoms with Gasteiger partial charge in [-0.3, -0.25) is 0 Å². The average Bonchev–Trinajstić information content (AvgIpc) is 2.87. The van der Waals surface area contributed by atoms with Crippen molar-refractivity contribution in [3.8, 4) is 5.75 Å². The molecule has 106 valence electrons. The first-order valence-corrected chi connectivity index (χ1v) is 7.11. The third-order valence-corrected chi connectivity index (χ3v) is 3.21. The summed E-state index contributed by atoms with van der Waals surface area (Å²) < 4.78 is 11.3. The van der Waals surface area contributed by atoms with Crippen LogP contribution in [0.1, 0.15) is 39.2 Å². The molecule has 0 radical (unpaired) electrons. The van der Waals surface area contributed by atoms with Crippen LogP contribution in [0.4, 0.5) is 0 Å². The SMILES string of the molecule is CC(C)(C)NCc1ccc(OCC2CCCO2)cc1. The standard InChI is InChI=1S/C16H25NO2/c1-16(2,3)17-11-13-6-8-14(9-7-13)19-12-15-5-4-10-18-15/h6-9,15,17H,4-5,10-12H2,1-3H3. The molecular formula is C16H25NO2. The lowest BCUT2D eigenvalue weighted by Gasteiger charge is -2.20. The van der Waals surface area contributed by atoms with E-state index >= 15 is 0 Å². The van der Waals surface area contributed by atoms with Gasteiger partial charge in [0.2, 0.25) is 0 Å². The Bertz CT molecular complexity index is 375. The molecule has 3 heteroatoms. The molecule has 3 nitrogen and oxygen atoms in total. The molecule has 1 atom stereocenters. The van der Waals surface area contributed by atoms with Crippen molar-refractivity contribution in [2.75, 3.05) is 13.2 Å². The largest absolute Gasteiger partial charge is 0.491 e. The summed E-state index contributed by atoms with van der Waals surface area (Å²) in [6.07, 6.45) is 2.56. The van der Waals surface area contributed by atoms with E-state index in [0.717, 1.165) is 31.7 Å². The van der Waals surface area contributed by atoms with Crippen LogP contribution in [0.15, 0.2) is 24.3 Å². The summed E-state index contributed by atoms with van der Waals surface area (Å²) in [7, 11) is 0. The van der Waals surface area contributed by atoms with E-state index in [4.69, 9.17) is 9.47 Å². The van der Waals surface area contributed by atoms with E-state index in [2.05, 4.69) is 38.2 Å². The lowest BCUT2D eigenvalue weighted by atomic mass is 10.1. The van der Waals surface area contributed by atoms with Gasteiger partial charge < -0.3 is 14.8 Å². The minimum Gasteiger partial charge on any atom is -0.491 e. The average molecular weight is 263 g/mol. The number of hydrogen-bond acceptors (Lipinski definition) is 3. The van der Waals surface area contributed by atoms with E-state index < -0.39 is 0 Å². The zero-order valence-electron chi connectivity index (χ0n) is 12.2. The van der Waals surface area contributed by atoms with Crippen molar-refractivity contribution >= 4 is 0 Å². The van der Waals surface area contributed by atoms with Gasteiger partial charge in [-0.05, 0) is 51.3 Å². The molecule has 1 unspecified atom stereocenters. The highest BCUT2D eigenvalue weighted by Crippen LogP contribution is 2.16. The number of benzene rings is 1. The van der Waals surface area contributed by atoms with E-state index in [1.54, 1.807) is 0 Å². The first-order valence-electron chi connectivity index (χ1n) is 7.11. The Balaban J connectivity index is 1.77. The molecular weight excluding hydrogens is 238 g/mol. The van der Waals surface area contributed by atoms with E-state index in [0.29, 0.717) is 6.61 Å². The van der Waals surface area contributed by atoms with Crippen LogP contribution in [0.5, 0.6) is 5.75 Å². The Labute approximate surface area is 116 Å². The van der Waals surface area contributed by atoms with Crippen molar-refractivity contribution in [1.29, 1.82) is 0 Å². The molecule has 0 saturated carbocycles. The molecule has 1 aromatic rings. The fourth-order valence-electron chi connectivity index (χ4n) is 2.04. The van der Waals surface area contributed by atoms with Crippen LogP contribution in [0, 0.1) is 0 Å². The molecule has 1 aliphatic heterocycles. The summed E-state index contributed by atoms with van der Waals surface area (Å²) in [5.74, 6) is 0.926. The maximum absolute atomic E-state index is 5.74. The molecule has 1 aromatic carbocycles. The van der Waals surface area contributed by atoms with Gasteiger partial charge in [0.25, 0.3) is 0 Å². The van der Waals surface area contributed by atoms with Crippen LogP contribution in [0.3, 0.4) is 0 Å². The number of nitrogens with one attached hydrogen (secondary N) is 1. The number of rotatable bonds is 5. The fourth-order valence-corrected chi connectivity index (χ4v) is 2.04. The second-order valence-corrected chi connectivity index (χ2v) is 6.19. The molecule has 0 spiro atoms. The van der Waals surface area contributed by atoms with Crippen molar-refractivity contribution in [3.05, 3.63) is 29.8 Å². The summed E-state index contributed by atoms with van der Waals surface area (Å²) in [5.41, 5.74) is 1.43. The predicted molar refractivity (Wildman–Crippen MR) is 77.5 cm³/mol. The van der Waals surface area contributed by atoms with E-state index in [9.17, 15) is 0 Å². The monoisotopic (exact) mass is 263 g/mol. The zero-order valence-corrected chi connectivity index (χ0v) is 12.2. The van der Waals surface area contributed by atoms with Gasteiger partial charge in [-0.25, -0.2) is 0 Å². The van der Waals surface area contributed by atoms with Crippen LogP contribution in [-0.4, -0.2) is 24.9 Å². The first kappa shape index (κ1) is 14.4. The van der Waals surface area contributed by atoms with Crippen molar-refractivity contribution in [3.63, 3.8) is 0 Å². The van der Waals surface area contributed by atoms with Crippen LogP contribution in [-0.2, 0) is 11.3 Å². The minimum atomic E-state index is 0.148. The van der Waals surface area contributed by atoms with Gasteiger partial charge in [-0.15, -0.1) is 0 Å². The third-order valence-electron chi connectivity index (χ3n) is 3.21. The summed E-state index contributed by atoms with van der Waals surface area (Å²) in [5, 5.41) is 3.47. The maximum atomic E-state index is 5.74. The second kappa shape index (κ2) is 6.40. The highest BCUT2D eigenvalue weighted by molar-refractivity contribution is 5.27. The molecule has 1 fully saturated rings. The van der Waals surface area contributed by atoms with Gasteiger partial charge in [0.1, 0.15) is 12.4 Å². The molecule has 0 bridgehead atoms. The van der Waals surface area contributed by atoms with Gasteiger partial charge in [0.05, 0.1) is 6.10 Å². The Morgan fingerprint density at radius 3 is 2.58 bits per heavy atom. The first-order chi connectivity index (χ1) is 9.03. The molecule has 1 saturated heterocycles. The number of ether oxygens (including phenoxy) is 2. The third kappa shape index (κ3) is 5.21. The molecule has 1 heterocycles. The van der Waals surface area contributed by atoms with Crippen LogP contribution in [0.25, 0.3) is 0 Å². The predicted octanol–water partition coefficient (Wildman–Crippen LogP) is 3.13. The van der Waals surface area contributed by atoms with Gasteiger partial charge in [-0.1, -0.05) is 12.1 Å². The normalized spacial score (nSPS) is 19.6. The Morgan fingerprint density at radius 1 is 1.26 bits per heavy atom. The Morgan fingerprint density at radius 2 is 2.00 bits per heavy atom. The molecule has 0 aliphatic carbocycles. The smallest absolute Gasteiger partial charge is 0.119 e. The quantitative estimate of drug-likeness (QED) is 0.885. The minimum absolute atomic E-state index is 0.148. The summed E-state index contributed by atoms with van der Waals surface area (Å²) >= 11 is 0. The summed E-state index contributed by atoms with van der Waals surface area (Å²) in [4.78, 5) is 0. The van der Waals surface area contributed by atoms with E-state index in [-0.39, 0.29) is 11.6 Å². The summed E-state index contributed by atoms with van der Waals surface area (Å²) in [6, 6.07) is 8.30. The van der Waals surface area contributed by atoms with Crippen molar-refractivity contribution < 1.29 is 9.47 Å². The lowest BCUT2D eigenvalue weighted by molar-refractivity contribution is 0.0679. The van der Waals surface area contributed by atoms with Gasteiger partial charge in [0, 0.05) is 18.7 Å². The molecule has 0 amide bonds. The zero-order chi connectivity index (χ0) is 13.7. The van der Waals surface area contributed by atoms with Crippen LogP contribution >= 0.6 is 0 Å². The van der Waals surface area contributed by atoms with Gasteiger partial charge >= 0.3 is 0 Å². The maximum Gasteiger partial charge on any atom is 0.119 e. The van der Waals surface area contributed by atoms with Crippen LogP contribution in [0.2, 0.25) is 0 Å². The van der Waals surface area contributed by atoms with Crippen LogP contribution < -0.4 is 10.1 Å². The van der Waals surface area contributed by atoms with Crippen molar-refractivity contribution in [1.82, 2.24) is 5.32 Å². The Hall–Kier alpha value is -1.06. The summed E-state index contributed by atoms with van der Waals surface area (Å²) in [6.45, 7) is 8.95. The van der Waals surface area contributed by atoms with Crippen molar-refractivity contribution in [2.45, 2.75) is 51.8 Å². The molecule has 0 aromatic heterocycles. The lowest BCUT2D eigenvalue weighted by Crippen LogP contribution is -2.35. The molecule has 2 rings (SSSR count). The highest BCUT2D eigenvalue weighted by Gasteiger charge is 2.15. The molecule has 19 heavy (non-hydrogen) atoms. The molecule has 1 N–H and O–H groups in total. The highest BCUT2D eigenvalue weighted by atomic mass is 16.5. The Kier molecular flexibility index (Phi) is 4.83. The van der Waals surface area contributed by atoms with Crippen molar-refractivity contribution in [2.24, 2.45) is 0 Å². The number of hydrogen-bond donors (Lipinski definition) is 1. The second-order valence-electron chi connectivity index (χ2n) is 6.19. The van der Waals surface area contributed by atoms with E-state index in [1.807, 2.05) is 12.1 Å².